The summed E-state index contributed by atoms with van der Waals surface area (Å²) >= 11 is 0. The molecule has 2 aliphatic carbocycles. The van der Waals surface area contributed by atoms with Gasteiger partial charge in [0.1, 0.15) is 0 Å². The fourth-order valence-corrected chi connectivity index (χ4v) is 5.06. The van der Waals surface area contributed by atoms with Crippen molar-refractivity contribution in [3.8, 4) is 0 Å². The molecule has 0 amide bonds. The summed E-state index contributed by atoms with van der Waals surface area (Å²) in [6.07, 6.45) is 6.40. The number of fused-ring (bicyclic) bond motifs is 2. The minimum absolute atomic E-state index is 0.124. The lowest BCUT2D eigenvalue weighted by atomic mass is 9.60. The maximum atomic E-state index is 10.9. The quantitative estimate of drug-likeness (QED) is 0.684. The third-order valence-corrected chi connectivity index (χ3v) is 5.01. The van der Waals surface area contributed by atoms with E-state index in [2.05, 4.69) is 6.92 Å². The van der Waals surface area contributed by atoms with E-state index in [0.29, 0.717) is 11.8 Å². The Hall–Kier alpha value is -0.0900. The molecule has 0 spiro atoms. The predicted octanol–water partition coefficient (Wildman–Crippen LogP) is 2.14. The van der Waals surface area contributed by atoms with Crippen molar-refractivity contribution in [3.05, 3.63) is 0 Å². The molecule has 15 heavy (non-hydrogen) atoms. The molecule has 0 aromatic heterocycles. The highest BCUT2D eigenvalue weighted by molar-refractivity contribution is 7.85. The molecule has 0 aromatic carbocycles. The van der Waals surface area contributed by atoms with Gasteiger partial charge in [-0.3, -0.25) is 0 Å². The Balaban J connectivity index is 2.17. The summed E-state index contributed by atoms with van der Waals surface area (Å²) in [5.74, 6) is 1.14. The highest BCUT2D eigenvalue weighted by Gasteiger charge is 2.42. The molecule has 0 saturated heterocycles. The topological polar surface area (TPSA) is 57.2 Å². The Kier molecular flexibility index (Phi) is 2.84. The van der Waals surface area contributed by atoms with E-state index in [9.17, 15) is 13.0 Å². The Morgan fingerprint density at radius 1 is 1.40 bits per heavy atom. The summed E-state index contributed by atoms with van der Waals surface area (Å²) in [5.41, 5.74) is -0.166. The molecule has 2 bridgehead atoms. The molecule has 3 unspecified atom stereocenters. The van der Waals surface area contributed by atoms with Gasteiger partial charge >= 0.3 is 0 Å². The molecular weight excluding hydrogens is 212 g/mol. The summed E-state index contributed by atoms with van der Waals surface area (Å²) in [5, 5.41) is 0. The molecule has 88 valence electrons. The Labute approximate surface area is 92.0 Å². The van der Waals surface area contributed by atoms with Crippen molar-refractivity contribution in [2.75, 3.05) is 5.75 Å². The Morgan fingerprint density at radius 3 is 2.80 bits per heavy atom. The number of rotatable bonds is 2. The molecule has 0 N–H and O–H groups in total. The van der Waals surface area contributed by atoms with Crippen LogP contribution >= 0.6 is 0 Å². The summed E-state index contributed by atoms with van der Waals surface area (Å²) in [7, 11) is -4.06. The van der Waals surface area contributed by atoms with Crippen molar-refractivity contribution in [2.24, 2.45) is 17.3 Å². The molecule has 3 nitrogen and oxygen atoms in total. The molecule has 0 radical (unpaired) electrons. The lowest BCUT2D eigenvalue weighted by Crippen LogP contribution is -2.41. The molecule has 2 rings (SSSR count). The predicted molar refractivity (Wildman–Crippen MR) is 57.4 cm³/mol. The number of hydrogen-bond acceptors (Lipinski definition) is 3. The van der Waals surface area contributed by atoms with E-state index in [-0.39, 0.29) is 11.2 Å². The summed E-state index contributed by atoms with van der Waals surface area (Å²) in [6.45, 7) is 2.18. The van der Waals surface area contributed by atoms with Crippen LogP contribution in [0.5, 0.6) is 0 Å². The van der Waals surface area contributed by atoms with E-state index in [1.165, 1.54) is 12.8 Å². The first-order valence-corrected chi connectivity index (χ1v) is 7.40. The van der Waals surface area contributed by atoms with Gasteiger partial charge in [0, 0.05) is 5.75 Å². The normalized spacial score (nSPS) is 41.5. The second-order valence-electron chi connectivity index (χ2n) is 5.71. The van der Waals surface area contributed by atoms with E-state index >= 15 is 0 Å². The van der Waals surface area contributed by atoms with Gasteiger partial charge in [-0.25, -0.2) is 8.42 Å². The van der Waals surface area contributed by atoms with E-state index in [1.54, 1.807) is 0 Å². The molecule has 0 aromatic rings. The zero-order valence-corrected chi connectivity index (χ0v) is 10.1. The minimum Gasteiger partial charge on any atom is -0.748 e. The van der Waals surface area contributed by atoms with Crippen LogP contribution in [0.1, 0.15) is 45.4 Å². The van der Waals surface area contributed by atoms with Crippen LogP contribution in [0, 0.1) is 17.3 Å². The van der Waals surface area contributed by atoms with Gasteiger partial charge in [0.15, 0.2) is 0 Å². The van der Waals surface area contributed by atoms with Gasteiger partial charge in [-0.1, -0.05) is 19.8 Å². The molecule has 0 heterocycles. The third kappa shape index (κ3) is 2.72. The molecule has 2 saturated carbocycles. The molecule has 3 atom stereocenters. The maximum Gasteiger partial charge on any atom is 0.0951 e. The fourth-order valence-electron chi connectivity index (χ4n) is 3.93. The van der Waals surface area contributed by atoms with Gasteiger partial charge in [-0.2, -0.15) is 0 Å². The maximum absolute atomic E-state index is 10.9. The van der Waals surface area contributed by atoms with Crippen molar-refractivity contribution in [3.63, 3.8) is 0 Å². The molecular formula is C11H19O3S-. The lowest BCUT2D eigenvalue weighted by Gasteiger charge is -2.48. The molecule has 4 heteroatoms. The van der Waals surface area contributed by atoms with Gasteiger partial charge in [-0.15, -0.1) is 0 Å². The second kappa shape index (κ2) is 3.74. The summed E-state index contributed by atoms with van der Waals surface area (Å²) in [6, 6.07) is 0. The summed E-state index contributed by atoms with van der Waals surface area (Å²) < 4.78 is 32.8. The van der Waals surface area contributed by atoms with Crippen LogP contribution in [0.4, 0.5) is 0 Å². The van der Waals surface area contributed by atoms with Crippen LogP contribution in [0.15, 0.2) is 0 Å². The first kappa shape index (κ1) is 11.4. The largest absolute Gasteiger partial charge is 0.748 e. The lowest BCUT2D eigenvalue weighted by molar-refractivity contribution is 0.0632. The van der Waals surface area contributed by atoms with Gasteiger partial charge in [0.25, 0.3) is 0 Å². The minimum atomic E-state index is -4.06. The van der Waals surface area contributed by atoms with Gasteiger partial charge in [0.2, 0.25) is 0 Å². The Morgan fingerprint density at radius 2 is 2.13 bits per heavy atom. The van der Waals surface area contributed by atoms with E-state index in [4.69, 9.17) is 0 Å². The van der Waals surface area contributed by atoms with Crippen LogP contribution in [0.25, 0.3) is 0 Å². The van der Waals surface area contributed by atoms with Gasteiger partial charge in [0.05, 0.1) is 10.1 Å². The highest BCUT2D eigenvalue weighted by Crippen LogP contribution is 2.51. The van der Waals surface area contributed by atoms with E-state index < -0.39 is 10.1 Å². The Bertz CT molecular complexity index is 332. The monoisotopic (exact) mass is 231 g/mol. The van der Waals surface area contributed by atoms with Crippen molar-refractivity contribution >= 4 is 10.1 Å². The average molecular weight is 231 g/mol. The first-order valence-electron chi connectivity index (χ1n) is 5.82. The first-order chi connectivity index (χ1) is 6.89. The highest BCUT2D eigenvalue weighted by atomic mass is 32.2. The average Bonchev–Trinajstić information content (AvgIpc) is 1.97. The number of hydrogen-bond donors (Lipinski definition) is 0. The smallest absolute Gasteiger partial charge is 0.0951 e. The van der Waals surface area contributed by atoms with Crippen molar-refractivity contribution in [1.29, 1.82) is 0 Å². The van der Waals surface area contributed by atoms with Crippen molar-refractivity contribution in [1.82, 2.24) is 0 Å². The van der Waals surface area contributed by atoms with Crippen LogP contribution in [0.3, 0.4) is 0 Å². The zero-order chi connectivity index (χ0) is 11.1. The van der Waals surface area contributed by atoms with E-state index in [0.717, 1.165) is 25.7 Å². The third-order valence-electron chi connectivity index (χ3n) is 4.04. The second-order valence-corrected chi connectivity index (χ2v) is 7.11. The molecule has 2 aliphatic rings. The summed E-state index contributed by atoms with van der Waals surface area (Å²) in [4.78, 5) is 0. The zero-order valence-electron chi connectivity index (χ0n) is 9.24. The molecule has 0 aliphatic heterocycles. The van der Waals surface area contributed by atoms with Crippen LogP contribution in [-0.4, -0.2) is 18.7 Å². The van der Waals surface area contributed by atoms with Gasteiger partial charge in [-0.05, 0) is 42.9 Å². The van der Waals surface area contributed by atoms with Crippen LogP contribution < -0.4 is 0 Å². The molecule has 2 fully saturated rings. The van der Waals surface area contributed by atoms with Crippen molar-refractivity contribution < 1.29 is 13.0 Å². The standard InChI is InChI=1S/C11H20O3S/c1-9-5-10-3-2-4-11(6-9,7-10)8-15(12,13)14/h9-10H,2-8H2,1H3,(H,12,13,14)/p-1. The van der Waals surface area contributed by atoms with E-state index in [1.807, 2.05) is 0 Å². The van der Waals surface area contributed by atoms with Crippen LogP contribution in [0.2, 0.25) is 0 Å². The van der Waals surface area contributed by atoms with Crippen LogP contribution in [-0.2, 0) is 10.1 Å². The fraction of sp³-hybridized carbons (Fsp3) is 1.00. The van der Waals surface area contributed by atoms with Gasteiger partial charge < -0.3 is 4.55 Å². The van der Waals surface area contributed by atoms with Crippen molar-refractivity contribution in [2.45, 2.75) is 45.4 Å². The SMILES string of the molecule is CC1CC2CCCC(CS(=O)(=O)[O-])(C1)C2.